The fourth-order valence-corrected chi connectivity index (χ4v) is 4.60. The number of hydrogen-bond acceptors (Lipinski definition) is 3. The van der Waals surface area contributed by atoms with Crippen molar-refractivity contribution in [1.29, 1.82) is 0 Å². The van der Waals surface area contributed by atoms with Crippen molar-refractivity contribution in [2.24, 2.45) is 0 Å². The Morgan fingerprint density at radius 1 is 1.00 bits per heavy atom. The maximum absolute atomic E-state index is 13.4. The largest absolute Gasteiger partial charge is 0.375 e. The summed E-state index contributed by atoms with van der Waals surface area (Å²) < 4.78 is 1.46. The number of benzene rings is 3. The highest BCUT2D eigenvalue weighted by Gasteiger charge is 2.51. The zero-order chi connectivity index (χ0) is 21.5. The number of halogens is 3. The van der Waals surface area contributed by atoms with Crippen LogP contribution in [0.25, 0.3) is 0 Å². The van der Waals surface area contributed by atoms with Gasteiger partial charge in [-0.2, -0.15) is 0 Å². The normalized spacial score (nSPS) is 17.9. The van der Waals surface area contributed by atoms with Gasteiger partial charge >= 0.3 is 0 Å². The summed E-state index contributed by atoms with van der Waals surface area (Å²) in [6.07, 6.45) is -0.356. The third-order valence-electron chi connectivity index (χ3n) is 5.14. The Balaban J connectivity index is 1.73. The fourth-order valence-electron chi connectivity index (χ4n) is 3.64. The lowest BCUT2D eigenvalue weighted by Gasteiger charge is -2.23. The molecule has 152 valence electrons. The summed E-state index contributed by atoms with van der Waals surface area (Å²) in [4.78, 5) is 27.8. The van der Waals surface area contributed by atoms with Crippen LogP contribution in [0, 0.1) is 0 Å². The second kappa shape index (κ2) is 8.27. The average molecular weight is 550 g/mol. The molecule has 0 spiro atoms. The molecule has 1 aliphatic heterocycles. The van der Waals surface area contributed by atoms with Crippen molar-refractivity contribution in [1.82, 2.24) is 0 Å². The van der Waals surface area contributed by atoms with Crippen molar-refractivity contribution in [2.75, 3.05) is 4.90 Å². The van der Waals surface area contributed by atoms with E-state index in [1.807, 2.05) is 24.3 Å². The van der Waals surface area contributed by atoms with Gasteiger partial charge in [-0.25, -0.2) is 0 Å². The number of Topliss-reactive ketones (excluding diaryl/α,β-unsaturated/α-hetero) is 1. The van der Waals surface area contributed by atoms with Gasteiger partial charge in [0.15, 0.2) is 11.4 Å². The van der Waals surface area contributed by atoms with Crippen LogP contribution in [-0.4, -0.2) is 16.8 Å². The SMILES string of the molecule is O=C(C[C@@]1(O)C(=O)N(Cc2ccccc2Cl)c2ccc(Br)cc21)c1cccc(Br)c1. The zero-order valence-electron chi connectivity index (χ0n) is 15.6. The highest BCUT2D eigenvalue weighted by molar-refractivity contribution is 9.10. The van der Waals surface area contributed by atoms with E-state index in [1.165, 1.54) is 4.90 Å². The Morgan fingerprint density at radius 2 is 1.73 bits per heavy atom. The minimum atomic E-state index is -1.96. The fraction of sp³-hybridized carbons (Fsp3) is 0.130. The number of ketones is 1. The first kappa shape index (κ1) is 21.2. The topological polar surface area (TPSA) is 57.6 Å². The molecule has 0 aliphatic carbocycles. The summed E-state index contributed by atoms with van der Waals surface area (Å²) in [6, 6.07) is 19.4. The predicted molar refractivity (Wildman–Crippen MR) is 124 cm³/mol. The summed E-state index contributed by atoms with van der Waals surface area (Å²) in [5.41, 5.74) is 0.181. The molecule has 4 rings (SSSR count). The summed E-state index contributed by atoms with van der Waals surface area (Å²) in [5.74, 6) is -0.864. The number of carbonyl (C=O) groups is 2. The number of hydrogen-bond donors (Lipinski definition) is 1. The minimum absolute atomic E-state index is 0.195. The van der Waals surface area contributed by atoms with Crippen LogP contribution in [-0.2, 0) is 16.9 Å². The summed E-state index contributed by atoms with van der Waals surface area (Å²) in [7, 11) is 0. The first-order chi connectivity index (χ1) is 14.3. The molecule has 0 fully saturated rings. The molecule has 0 bridgehead atoms. The smallest absolute Gasteiger partial charge is 0.264 e. The number of fused-ring (bicyclic) bond motifs is 1. The lowest BCUT2D eigenvalue weighted by Crippen LogP contribution is -2.41. The first-order valence-electron chi connectivity index (χ1n) is 9.16. The van der Waals surface area contributed by atoms with E-state index in [0.29, 0.717) is 26.3 Å². The first-order valence-corrected chi connectivity index (χ1v) is 11.1. The Bertz CT molecular complexity index is 1170. The van der Waals surface area contributed by atoms with Gasteiger partial charge in [0, 0.05) is 25.1 Å². The molecule has 1 amide bonds. The van der Waals surface area contributed by atoms with Crippen LogP contribution in [0.5, 0.6) is 0 Å². The number of anilines is 1. The van der Waals surface area contributed by atoms with Crippen LogP contribution < -0.4 is 4.90 Å². The van der Waals surface area contributed by atoms with Crippen molar-refractivity contribution < 1.29 is 14.7 Å². The van der Waals surface area contributed by atoms with Crippen LogP contribution in [0.4, 0.5) is 5.69 Å². The number of rotatable bonds is 5. The van der Waals surface area contributed by atoms with E-state index < -0.39 is 11.5 Å². The molecule has 0 unspecified atom stereocenters. The lowest BCUT2D eigenvalue weighted by atomic mass is 9.88. The van der Waals surface area contributed by atoms with Crippen LogP contribution in [0.3, 0.4) is 0 Å². The van der Waals surface area contributed by atoms with Gasteiger partial charge < -0.3 is 10.0 Å². The minimum Gasteiger partial charge on any atom is -0.375 e. The van der Waals surface area contributed by atoms with Crippen molar-refractivity contribution in [3.8, 4) is 0 Å². The second-order valence-electron chi connectivity index (χ2n) is 7.11. The highest BCUT2D eigenvalue weighted by atomic mass is 79.9. The maximum Gasteiger partial charge on any atom is 0.264 e. The van der Waals surface area contributed by atoms with Gasteiger partial charge in [0.2, 0.25) is 0 Å². The average Bonchev–Trinajstić information content (AvgIpc) is 2.91. The molecule has 7 heteroatoms. The monoisotopic (exact) mass is 547 g/mol. The van der Waals surface area contributed by atoms with E-state index in [2.05, 4.69) is 31.9 Å². The molecule has 4 nitrogen and oxygen atoms in total. The van der Waals surface area contributed by atoms with Crippen molar-refractivity contribution in [2.45, 2.75) is 18.6 Å². The molecule has 3 aromatic carbocycles. The molecular formula is C23H16Br2ClNO3. The highest BCUT2D eigenvalue weighted by Crippen LogP contribution is 2.45. The van der Waals surface area contributed by atoms with Crippen molar-refractivity contribution >= 4 is 60.8 Å². The lowest BCUT2D eigenvalue weighted by molar-refractivity contribution is -0.136. The van der Waals surface area contributed by atoms with E-state index in [-0.39, 0.29) is 18.7 Å². The van der Waals surface area contributed by atoms with E-state index in [0.717, 1.165) is 10.0 Å². The Hall–Kier alpha value is -1.99. The molecule has 30 heavy (non-hydrogen) atoms. The summed E-state index contributed by atoms with van der Waals surface area (Å²) >= 11 is 13.0. The molecule has 3 aromatic rings. The number of nitrogens with zero attached hydrogens (tertiary/aromatic N) is 1. The van der Waals surface area contributed by atoms with E-state index in [4.69, 9.17) is 11.6 Å². The van der Waals surface area contributed by atoms with Gasteiger partial charge in [-0.05, 0) is 42.0 Å². The van der Waals surface area contributed by atoms with E-state index in [9.17, 15) is 14.7 Å². The molecule has 0 saturated carbocycles. The predicted octanol–water partition coefficient (Wildman–Crippen LogP) is 5.87. The van der Waals surface area contributed by atoms with Crippen molar-refractivity contribution in [3.63, 3.8) is 0 Å². The molecule has 1 heterocycles. The van der Waals surface area contributed by atoms with Gasteiger partial charge in [-0.3, -0.25) is 9.59 Å². The Morgan fingerprint density at radius 3 is 2.47 bits per heavy atom. The molecular weight excluding hydrogens is 534 g/mol. The molecule has 0 aromatic heterocycles. The molecule has 0 saturated heterocycles. The second-order valence-corrected chi connectivity index (χ2v) is 9.35. The Kier molecular flexibility index (Phi) is 5.86. The van der Waals surface area contributed by atoms with Crippen LogP contribution in [0.15, 0.2) is 75.7 Å². The third kappa shape index (κ3) is 3.85. The van der Waals surface area contributed by atoms with Crippen LogP contribution in [0.2, 0.25) is 5.02 Å². The van der Waals surface area contributed by atoms with Crippen molar-refractivity contribution in [3.05, 3.63) is 97.4 Å². The number of aliphatic hydroxyl groups is 1. The Labute approximate surface area is 195 Å². The molecule has 0 radical (unpaired) electrons. The number of amides is 1. The van der Waals surface area contributed by atoms with Crippen LogP contribution in [0.1, 0.15) is 27.9 Å². The number of carbonyl (C=O) groups excluding carboxylic acids is 2. The molecule has 1 aliphatic rings. The van der Waals surface area contributed by atoms with Gasteiger partial charge in [0.1, 0.15) is 0 Å². The summed E-state index contributed by atoms with van der Waals surface area (Å²) in [5, 5.41) is 12.0. The third-order valence-corrected chi connectivity index (χ3v) is 6.50. The molecule has 1 N–H and O–H groups in total. The van der Waals surface area contributed by atoms with Crippen LogP contribution >= 0.6 is 43.5 Å². The van der Waals surface area contributed by atoms with Gasteiger partial charge in [0.05, 0.1) is 18.7 Å². The van der Waals surface area contributed by atoms with E-state index >= 15 is 0 Å². The zero-order valence-corrected chi connectivity index (χ0v) is 19.5. The standard InChI is InChI=1S/C23H16Br2ClNO3/c24-16-6-3-5-14(10-16)21(28)12-23(30)18-11-17(25)8-9-20(18)27(22(23)29)13-15-4-1-2-7-19(15)26/h1-11,30H,12-13H2/t23-/m0/s1. The quantitative estimate of drug-likeness (QED) is 0.405. The van der Waals surface area contributed by atoms with Gasteiger partial charge in [-0.15, -0.1) is 0 Å². The molecule has 1 atom stereocenters. The summed E-state index contributed by atoms with van der Waals surface area (Å²) in [6.45, 7) is 0.195. The van der Waals surface area contributed by atoms with E-state index in [1.54, 1.807) is 42.5 Å². The van der Waals surface area contributed by atoms with Gasteiger partial charge in [-0.1, -0.05) is 73.8 Å². The maximum atomic E-state index is 13.4. The van der Waals surface area contributed by atoms with Gasteiger partial charge in [0.25, 0.3) is 5.91 Å².